The van der Waals surface area contributed by atoms with E-state index in [-0.39, 0.29) is 59.2 Å². The van der Waals surface area contributed by atoms with Crippen molar-refractivity contribution in [3.63, 3.8) is 0 Å². The van der Waals surface area contributed by atoms with E-state index in [4.69, 9.17) is 5.11 Å². The number of carboxylic acids is 1. The number of benzene rings is 1. The van der Waals surface area contributed by atoms with Crippen LogP contribution in [-0.2, 0) is 16.0 Å². The molecule has 1 aliphatic heterocycles. The van der Waals surface area contributed by atoms with Gasteiger partial charge in [-0.15, -0.1) is 0 Å². The molecule has 0 radical (unpaired) electrons. The van der Waals surface area contributed by atoms with Crippen LogP contribution in [-0.4, -0.2) is 31.1 Å². The van der Waals surface area contributed by atoms with E-state index in [2.05, 4.69) is 5.32 Å². The van der Waals surface area contributed by atoms with Gasteiger partial charge in [0.15, 0.2) is 0 Å². The van der Waals surface area contributed by atoms with Gasteiger partial charge in [-0.3, -0.25) is 9.59 Å². The van der Waals surface area contributed by atoms with Gasteiger partial charge < -0.3 is 16.7 Å². The zero-order valence-corrected chi connectivity index (χ0v) is 13.9. The zero-order chi connectivity index (χ0) is 12.6. The molecule has 1 unspecified atom stereocenters. The number of carbonyl (C=O) groups is 2. The Balaban J connectivity index is 0.00000162. The SMILES string of the molecule is CN(C)c1ccc2c(c1)NC(=O)C(C(=O)O)C2.[H-].[K+]. The third-order valence-electron chi connectivity index (χ3n) is 2.91. The number of nitrogens with zero attached hydrogens (tertiary/aromatic N) is 1. The maximum Gasteiger partial charge on any atom is 1.00 e. The molecule has 0 spiro atoms. The Labute approximate surface area is 149 Å². The third kappa shape index (κ3) is 3.13. The Kier molecular flexibility index (Phi) is 5.36. The van der Waals surface area contributed by atoms with Crippen molar-refractivity contribution in [1.29, 1.82) is 0 Å². The number of rotatable bonds is 2. The number of hydrogen-bond acceptors (Lipinski definition) is 3. The minimum atomic E-state index is -1.08. The Morgan fingerprint density at radius 2 is 2.17 bits per heavy atom. The van der Waals surface area contributed by atoms with E-state index in [9.17, 15) is 9.59 Å². The first-order valence-corrected chi connectivity index (χ1v) is 5.33. The van der Waals surface area contributed by atoms with Crippen LogP contribution >= 0.6 is 0 Å². The molecular weight excluding hydrogens is 259 g/mol. The summed E-state index contributed by atoms with van der Waals surface area (Å²) in [6.07, 6.45) is 0.254. The Morgan fingerprint density at radius 3 is 2.72 bits per heavy atom. The van der Waals surface area contributed by atoms with Crippen molar-refractivity contribution in [2.45, 2.75) is 6.42 Å². The fourth-order valence-corrected chi connectivity index (χ4v) is 1.87. The zero-order valence-electron chi connectivity index (χ0n) is 11.7. The summed E-state index contributed by atoms with van der Waals surface area (Å²) in [6.45, 7) is 0. The van der Waals surface area contributed by atoms with Gasteiger partial charge in [0.2, 0.25) is 5.91 Å². The topological polar surface area (TPSA) is 69.6 Å². The number of aliphatic carboxylic acids is 1. The van der Waals surface area contributed by atoms with E-state index in [0.717, 1.165) is 11.3 Å². The predicted molar refractivity (Wildman–Crippen MR) is 65.3 cm³/mol. The summed E-state index contributed by atoms with van der Waals surface area (Å²) in [4.78, 5) is 24.4. The van der Waals surface area contributed by atoms with Crippen LogP contribution < -0.4 is 61.6 Å². The van der Waals surface area contributed by atoms with E-state index in [1.165, 1.54) is 0 Å². The molecule has 0 fully saturated rings. The molecule has 0 saturated carbocycles. The fourth-order valence-electron chi connectivity index (χ4n) is 1.87. The molecule has 1 atom stereocenters. The van der Waals surface area contributed by atoms with Gasteiger partial charge in [-0.1, -0.05) is 6.07 Å². The molecular formula is C12H15KN2O3. The Bertz CT molecular complexity index is 494. The van der Waals surface area contributed by atoms with E-state index in [1.54, 1.807) is 0 Å². The molecule has 1 aliphatic rings. The molecule has 2 rings (SSSR count). The molecule has 0 saturated heterocycles. The largest absolute Gasteiger partial charge is 1.00 e. The molecule has 2 N–H and O–H groups in total. The molecule has 1 aromatic rings. The number of anilines is 2. The van der Waals surface area contributed by atoms with Crippen molar-refractivity contribution in [2.24, 2.45) is 5.92 Å². The Hall–Kier alpha value is -0.404. The summed E-state index contributed by atoms with van der Waals surface area (Å²) in [5, 5.41) is 11.5. The Morgan fingerprint density at radius 1 is 1.50 bits per heavy atom. The number of carbonyl (C=O) groups excluding carboxylic acids is 1. The molecule has 1 aromatic carbocycles. The summed E-state index contributed by atoms with van der Waals surface area (Å²) in [6, 6.07) is 5.63. The van der Waals surface area contributed by atoms with Crippen molar-refractivity contribution in [3.8, 4) is 0 Å². The fraction of sp³-hybridized carbons (Fsp3) is 0.333. The maximum atomic E-state index is 11.6. The summed E-state index contributed by atoms with van der Waals surface area (Å²) >= 11 is 0. The molecule has 0 aliphatic carbocycles. The first-order valence-electron chi connectivity index (χ1n) is 5.33. The second kappa shape index (κ2) is 6.16. The molecule has 5 nitrogen and oxygen atoms in total. The van der Waals surface area contributed by atoms with Gasteiger partial charge in [-0.25, -0.2) is 0 Å². The minimum Gasteiger partial charge on any atom is -1.00 e. The van der Waals surface area contributed by atoms with Crippen LogP contribution in [0.15, 0.2) is 18.2 Å². The van der Waals surface area contributed by atoms with Gasteiger partial charge in [0.05, 0.1) is 0 Å². The summed E-state index contributed by atoms with van der Waals surface area (Å²) in [5.41, 5.74) is 2.54. The van der Waals surface area contributed by atoms with Crippen LogP contribution in [0.1, 0.15) is 6.99 Å². The average molecular weight is 274 g/mol. The van der Waals surface area contributed by atoms with Gasteiger partial charge in [-0.05, 0) is 24.1 Å². The molecule has 6 heteroatoms. The molecule has 1 heterocycles. The van der Waals surface area contributed by atoms with Crippen molar-refractivity contribution in [2.75, 3.05) is 24.3 Å². The quantitative estimate of drug-likeness (QED) is 0.486. The molecule has 0 aromatic heterocycles. The second-order valence-corrected chi connectivity index (χ2v) is 4.32. The van der Waals surface area contributed by atoms with Gasteiger partial charge >= 0.3 is 57.4 Å². The molecule has 92 valence electrons. The minimum absolute atomic E-state index is 0. The van der Waals surface area contributed by atoms with E-state index in [1.807, 2.05) is 37.2 Å². The monoisotopic (exact) mass is 274 g/mol. The van der Waals surface area contributed by atoms with E-state index >= 15 is 0 Å². The molecule has 0 bridgehead atoms. The molecule has 18 heavy (non-hydrogen) atoms. The predicted octanol–water partition coefficient (Wildman–Crippen LogP) is -1.94. The van der Waals surface area contributed by atoms with Gasteiger partial charge in [0, 0.05) is 25.5 Å². The number of carboxylic acid groups (broad SMARTS) is 1. The van der Waals surface area contributed by atoms with Gasteiger partial charge in [0.1, 0.15) is 5.92 Å². The van der Waals surface area contributed by atoms with Crippen LogP contribution in [0.5, 0.6) is 0 Å². The van der Waals surface area contributed by atoms with Crippen molar-refractivity contribution in [3.05, 3.63) is 23.8 Å². The van der Waals surface area contributed by atoms with Gasteiger partial charge in [-0.2, -0.15) is 0 Å². The van der Waals surface area contributed by atoms with Crippen molar-refractivity contribution < 1.29 is 67.5 Å². The third-order valence-corrected chi connectivity index (χ3v) is 2.91. The standard InChI is InChI=1S/C12H14N2O3.K.H/c1-14(2)8-4-3-7-5-9(12(16)17)11(15)13-10(7)6-8;;/h3-4,6,9H,5H2,1-2H3,(H,13,15)(H,16,17);;/q;+1;-1. The van der Waals surface area contributed by atoms with Crippen LogP contribution in [0, 0.1) is 5.92 Å². The number of fused-ring (bicyclic) bond motifs is 1. The van der Waals surface area contributed by atoms with Gasteiger partial charge in [0.25, 0.3) is 0 Å². The van der Waals surface area contributed by atoms with Crippen molar-refractivity contribution >= 4 is 23.3 Å². The van der Waals surface area contributed by atoms with E-state index < -0.39 is 17.8 Å². The average Bonchev–Trinajstić information content (AvgIpc) is 2.26. The maximum absolute atomic E-state index is 11.6. The normalized spacial score (nSPS) is 17.2. The van der Waals surface area contributed by atoms with Crippen LogP contribution in [0.4, 0.5) is 11.4 Å². The first-order chi connectivity index (χ1) is 7.99. The second-order valence-electron chi connectivity index (χ2n) is 4.32. The van der Waals surface area contributed by atoms with Crippen molar-refractivity contribution in [1.82, 2.24) is 0 Å². The summed E-state index contributed by atoms with van der Waals surface area (Å²) in [5.74, 6) is -2.50. The smallest absolute Gasteiger partial charge is 1.00 e. The van der Waals surface area contributed by atoms with Crippen LogP contribution in [0.25, 0.3) is 0 Å². The number of hydrogen-bond donors (Lipinski definition) is 2. The first kappa shape index (κ1) is 15.7. The van der Waals surface area contributed by atoms with Crippen LogP contribution in [0.2, 0.25) is 0 Å². The number of nitrogens with one attached hydrogen (secondary N) is 1. The van der Waals surface area contributed by atoms with Crippen LogP contribution in [0.3, 0.4) is 0 Å². The van der Waals surface area contributed by atoms with E-state index in [0.29, 0.717) is 5.69 Å². The number of amides is 1. The summed E-state index contributed by atoms with van der Waals surface area (Å²) < 4.78 is 0. The summed E-state index contributed by atoms with van der Waals surface area (Å²) in [7, 11) is 3.82. The molecule has 1 amide bonds.